The van der Waals surface area contributed by atoms with Crippen LogP contribution in [0.4, 0.5) is 5.69 Å². The molecule has 0 unspecified atom stereocenters. The maximum absolute atomic E-state index is 12.0. The highest BCUT2D eigenvalue weighted by molar-refractivity contribution is 5.95. The Morgan fingerprint density at radius 2 is 1.88 bits per heavy atom. The van der Waals surface area contributed by atoms with E-state index in [1.807, 2.05) is 0 Å². The third kappa shape index (κ3) is 4.53. The molecule has 0 spiro atoms. The summed E-state index contributed by atoms with van der Waals surface area (Å²) >= 11 is 0. The molecule has 1 aliphatic heterocycles. The van der Waals surface area contributed by atoms with E-state index in [4.69, 9.17) is 4.74 Å². The lowest BCUT2D eigenvalue weighted by atomic mass is 9.82. The van der Waals surface area contributed by atoms with Crippen molar-refractivity contribution in [2.24, 2.45) is 5.41 Å². The number of anilines is 1. The number of amides is 2. The van der Waals surface area contributed by atoms with Gasteiger partial charge in [-0.15, -0.1) is 0 Å². The van der Waals surface area contributed by atoms with Crippen LogP contribution in [-0.2, 0) is 14.4 Å². The van der Waals surface area contributed by atoms with E-state index in [9.17, 15) is 19.5 Å². The van der Waals surface area contributed by atoms with Crippen molar-refractivity contribution in [3.05, 3.63) is 24.3 Å². The van der Waals surface area contributed by atoms with E-state index >= 15 is 0 Å². The van der Waals surface area contributed by atoms with Crippen molar-refractivity contribution in [1.29, 1.82) is 0 Å². The molecule has 2 N–H and O–H groups in total. The van der Waals surface area contributed by atoms with Gasteiger partial charge in [-0.1, -0.05) is 13.8 Å². The van der Waals surface area contributed by atoms with Crippen LogP contribution < -0.4 is 15.0 Å². The molecule has 2 rings (SSSR count). The van der Waals surface area contributed by atoms with Gasteiger partial charge in [0, 0.05) is 25.2 Å². The molecule has 1 aromatic rings. The topological polar surface area (TPSA) is 95.9 Å². The maximum atomic E-state index is 12.0. The second-order valence-corrected chi connectivity index (χ2v) is 6.50. The smallest absolute Gasteiger partial charge is 0.311 e. The number of hydrogen-bond acceptors (Lipinski definition) is 4. The summed E-state index contributed by atoms with van der Waals surface area (Å²) in [7, 11) is 0. The second kappa shape index (κ2) is 8.69. The van der Waals surface area contributed by atoms with Crippen molar-refractivity contribution < 1.29 is 24.2 Å². The number of carboxylic acids is 1. The fourth-order valence-electron chi connectivity index (χ4n) is 2.99. The molecule has 1 saturated heterocycles. The van der Waals surface area contributed by atoms with Crippen LogP contribution in [-0.4, -0.2) is 42.6 Å². The molecule has 2 amide bonds. The first-order chi connectivity index (χ1) is 12.4. The van der Waals surface area contributed by atoms with E-state index in [0.29, 0.717) is 25.0 Å². The van der Waals surface area contributed by atoms with Gasteiger partial charge < -0.3 is 20.1 Å². The number of nitrogens with zero attached hydrogens (tertiary/aromatic N) is 1. The van der Waals surface area contributed by atoms with E-state index in [0.717, 1.165) is 18.7 Å². The number of aliphatic carboxylic acids is 1. The number of nitrogens with one attached hydrogen (secondary N) is 1. The van der Waals surface area contributed by atoms with Crippen molar-refractivity contribution in [3.63, 3.8) is 0 Å². The third-order valence-electron chi connectivity index (χ3n) is 5.02. The Balaban J connectivity index is 1.83. The first kappa shape index (κ1) is 19.8. The summed E-state index contributed by atoms with van der Waals surface area (Å²) in [5.74, 6) is -0.634. The maximum Gasteiger partial charge on any atom is 0.311 e. The van der Waals surface area contributed by atoms with Gasteiger partial charge in [0.15, 0.2) is 6.61 Å². The average molecular weight is 362 g/mol. The molecule has 0 atom stereocenters. The van der Waals surface area contributed by atoms with Crippen molar-refractivity contribution in [3.8, 4) is 5.75 Å². The molecule has 0 saturated carbocycles. The van der Waals surface area contributed by atoms with Gasteiger partial charge >= 0.3 is 5.97 Å². The molecule has 0 aromatic heterocycles. The average Bonchev–Trinajstić information content (AvgIpc) is 3.07. The van der Waals surface area contributed by atoms with E-state index < -0.39 is 11.4 Å². The van der Waals surface area contributed by atoms with Crippen LogP contribution in [0, 0.1) is 5.41 Å². The van der Waals surface area contributed by atoms with E-state index in [1.165, 1.54) is 0 Å². The molecular weight excluding hydrogens is 336 g/mol. The number of ether oxygens (including phenoxy) is 1. The second-order valence-electron chi connectivity index (χ2n) is 6.50. The Hall–Kier alpha value is -2.57. The summed E-state index contributed by atoms with van der Waals surface area (Å²) in [6, 6.07) is 7.02. The van der Waals surface area contributed by atoms with Crippen molar-refractivity contribution in [2.75, 3.05) is 24.6 Å². The first-order valence-electron chi connectivity index (χ1n) is 8.95. The Morgan fingerprint density at radius 3 is 2.38 bits per heavy atom. The number of carboxylic acid groups (broad SMARTS) is 1. The monoisotopic (exact) mass is 362 g/mol. The van der Waals surface area contributed by atoms with Crippen LogP contribution in [0.3, 0.4) is 0 Å². The van der Waals surface area contributed by atoms with Gasteiger partial charge in [-0.05, 0) is 43.5 Å². The molecule has 0 bridgehead atoms. The number of rotatable bonds is 9. The van der Waals surface area contributed by atoms with Gasteiger partial charge in [-0.2, -0.15) is 0 Å². The van der Waals surface area contributed by atoms with E-state index in [1.54, 1.807) is 43.0 Å². The van der Waals surface area contributed by atoms with Gasteiger partial charge in [-0.25, -0.2) is 0 Å². The molecule has 7 heteroatoms. The van der Waals surface area contributed by atoms with Crippen molar-refractivity contribution >= 4 is 23.5 Å². The fraction of sp³-hybridized carbons (Fsp3) is 0.526. The molecule has 0 radical (unpaired) electrons. The summed E-state index contributed by atoms with van der Waals surface area (Å²) in [4.78, 5) is 36.8. The van der Waals surface area contributed by atoms with Crippen molar-refractivity contribution in [1.82, 2.24) is 5.32 Å². The number of carbonyl (C=O) groups is 3. The quantitative estimate of drug-likeness (QED) is 0.702. The van der Waals surface area contributed by atoms with Gasteiger partial charge in [0.2, 0.25) is 5.91 Å². The summed E-state index contributed by atoms with van der Waals surface area (Å²) in [5, 5.41) is 12.0. The lowest BCUT2D eigenvalue weighted by Gasteiger charge is -2.26. The summed E-state index contributed by atoms with van der Waals surface area (Å²) in [6.07, 6.45) is 2.32. The first-order valence-corrected chi connectivity index (χ1v) is 8.95. The third-order valence-corrected chi connectivity index (χ3v) is 5.02. The minimum Gasteiger partial charge on any atom is -0.484 e. The van der Waals surface area contributed by atoms with Crippen LogP contribution in [0.15, 0.2) is 24.3 Å². The highest BCUT2D eigenvalue weighted by atomic mass is 16.5. The fourth-order valence-corrected chi connectivity index (χ4v) is 2.99. The zero-order valence-corrected chi connectivity index (χ0v) is 15.3. The van der Waals surface area contributed by atoms with Crippen molar-refractivity contribution in [2.45, 2.75) is 39.5 Å². The molecule has 1 fully saturated rings. The van der Waals surface area contributed by atoms with Gasteiger partial charge in [0.05, 0.1) is 5.41 Å². The van der Waals surface area contributed by atoms with E-state index in [2.05, 4.69) is 5.32 Å². The largest absolute Gasteiger partial charge is 0.484 e. The lowest BCUT2D eigenvalue weighted by molar-refractivity contribution is -0.149. The number of hydrogen-bond donors (Lipinski definition) is 2. The predicted molar refractivity (Wildman–Crippen MR) is 97.2 cm³/mol. The Morgan fingerprint density at radius 1 is 1.23 bits per heavy atom. The molecular formula is C19H26N2O5. The Bertz CT molecular complexity index is 652. The Labute approximate surface area is 153 Å². The van der Waals surface area contributed by atoms with Gasteiger partial charge in [0.25, 0.3) is 5.91 Å². The minimum absolute atomic E-state index is 0.0769. The molecule has 7 nitrogen and oxygen atoms in total. The standard InChI is InChI=1S/C19H26N2O5/c1-3-19(4-2,18(24)25)13-20-16(22)12-26-15-9-7-14(8-10-15)21-11-5-6-17(21)23/h7-10H,3-6,11-13H2,1-2H3,(H,20,22)(H,24,25). The molecule has 1 aromatic carbocycles. The summed E-state index contributed by atoms with van der Waals surface area (Å²) in [5.41, 5.74) is -0.124. The number of benzene rings is 1. The predicted octanol–water partition coefficient (Wildman–Crippen LogP) is 2.20. The van der Waals surface area contributed by atoms with Crippen LogP contribution in [0.25, 0.3) is 0 Å². The van der Waals surface area contributed by atoms with Crippen LogP contribution in [0.5, 0.6) is 5.75 Å². The zero-order chi connectivity index (χ0) is 19.2. The summed E-state index contributed by atoms with van der Waals surface area (Å²) in [6.45, 7) is 4.21. The normalized spacial score (nSPS) is 14.4. The minimum atomic E-state index is -0.945. The Kier molecular flexibility index (Phi) is 6.60. The zero-order valence-electron chi connectivity index (χ0n) is 15.3. The molecule has 1 aliphatic rings. The lowest BCUT2D eigenvalue weighted by Crippen LogP contribution is -2.43. The number of carbonyl (C=O) groups excluding carboxylic acids is 2. The SMILES string of the molecule is CCC(CC)(CNC(=O)COc1ccc(N2CCCC2=O)cc1)C(=O)O. The summed E-state index contributed by atoms with van der Waals surface area (Å²) < 4.78 is 5.44. The van der Waals surface area contributed by atoms with E-state index in [-0.39, 0.29) is 25.0 Å². The highest BCUT2D eigenvalue weighted by Gasteiger charge is 2.35. The molecule has 0 aliphatic carbocycles. The molecule has 26 heavy (non-hydrogen) atoms. The van der Waals surface area contributed by atoms with Crippen LogP contribution in [0.2, 0.25) is 0 Å². The molecule has 1 heterocycles. The van der Waals surface area contributed by atoms with Crippen LogP contribution >= 0.6 is 0 Å². The van der Waals surface area contributed by atoms with Gasteiger partial charge in [0.1, 0.15) is 5.75 Å². The van der Waals surface area contributed by atoms with Gasteiger partial charge in [-0.3, -0.25) is 14.4 Å². The highest BCUT2D eigenvalue weighted by Crippen LogP contribution is 2.26. The van der Waals surface area contributed by atoms with Crippen LogP contribution in [0.1, 0.15) is 39.5 Å². The molecule has 142 valence electrons.